The van der Waals surface area contributed by atoms with Crippen LogP contribution >= 0.6 is 11.3 Å². The average Bonchev–Trinajstić information content (AvgIpc) is 3.10. The maximum Gasteiger partial charge on any atom is 0.341 e. The number of anilines is 2. The molecular formula is C23H22N2O5S. The van der Waals surface area contributed by atoms with Crippen molar-refractivity contribution in [3.63, 3.8) is 0 Å². The smallest absolute Gasteiger partial charge is 0.341 e. The van der Waals surface area contributed by atoms with Gasteiger partial charge in [-0.1, -0.05) is 18.2 Å². The molecule has 2 amide bonds. The first-order chi connectivity index (χ1) is 14.8. The first-order valence-electron chi connectivity index (χ1n) is 9.39. The summed E-state index contributed by atoms with van der Waals surface area (Å²) in [4.78, 5) is 38.3. The number of ether oxygens (including phenoxy) is 2. The van der Waals surface area contributed by atoms with Crippen molar-refractivity contribution in [2.75, 3.05) is 24.9 Å². The number of hydrogen-bond donors (Lipinski definition) is 2. The van der Waals surface area contributed by atoms with Crippen molar-refractivity contribution >= 4 is 39.8 Å². The van der Waals surface area contributed by atoms with Gasteiger partial charge in [-0.05, 0) is 55.3 Å². The number of carbonyl (C=O) groups excluding carboxylic acids is 3. The molecule has 0 spiro atoms. The minimum absolute atomic E-state index is 0.157. The number of para-hydroxylation sites is 1. The van der Waals surface area contributed by atoms with Gasteiger partial charge in [0.25, 0.3) is 11.8 Å². The number of esters is 1. The Labute approximate surface area is 184 Å². The summed E-state index contributed by atoms with van der Waals surface area (Å²) in [5, 5.41) is 5.83. The van der Waals surface area contributed by atoms with Crippen LogP contribution in [0, 0.1) is 13.8 Å². The molecule has 3 aromatic rings. The van der Waals surface area contributed by atoms with E-state index in [0.717, 1.165) is 16.9 Å². The summed E-state index contributed by atoms with van der Waals surface area (Å²) < 4.78 is 9.97. The van der Waals surface area contributed by atoms with Crippen LogP contribution in [0.4, 0.5) is 10.7 Å². The second kappa shape index (κ2) is 9.44. The Morgan fingerprint density at radius 2 is 1.55 bits per heavy atom. The monoisotopic (exact) mass is 438 g/mol. The van der Waals surface area contributed by atoms with E-state index in [1.54, 1.807) is 37.3 Å². The highest BCUT2D eigenvalue weighted by Crippen LogP contribution is 2.35. The van der Waals surface area contributed by atoms with Crippen molar-refractivity contribution in [2.45, 2.75) is 13.8 Å². The summed E-state index contributed by atoms with van der Waals surface area (Å²) in [6, 6.07) is 13.9. The van der Waals surface area contributed by atoms with Crippen molar-refractivity contribution in [2.24, 2.45) is 0 Å². The largest absolute Gasteiger partial charge is 0.497 e. The molecule has 0 saturated carbocycles. The molecule has 0 unspecified atom stereocenters. The number of methoxy groups -OCH3 is 2. The first-order valence-corrected chi connectivity index (χ1v) is 10.2. The Balaban J connectivity index is 1.92. The summed E-state index contributed by atoms with van der Waals surface area (Å²) in [6.45, 7) is 3.54. The zero-order chi connectivity index (χ0) is 22.5. The Hall–Kier alpha value is -3.65. The molecule has 0 aliphatic carbocycles. The number of amides is 2. The fraction of sp³-hybridized carbons (Fsp3) is 0.174. The lowest BCUT2D eigenvalue weighted by Crippen LogP contribution is -2.14. The number of carbonyl (C=O) groups is 3. The molecule has 2 N–H and O–H groups in total. The SMILES string of the molecule is COC(=O)c1c(NC(=O)c2ccc(OC)cc2)sc(C(=O)Nc2ccccc2C)c1C. The molecule has 0 radical (unpaired) electrons. The van der Waals surface area contributed by atoms with E-state index in [2.05, 4.69) is 10.6 Å². The van der Waals surface area contributed by atoms with Crippen LogP contribution in [0.15, 0.2) is 48.5 Å². The van der Waals surface area contributed by atoms with E-state index >= 15 is 0 Å². The molecule has 2 aromatic carbocycles. The molecule has 31 heavy (non-hydrogen) atoms. The quantitative estimate of drug-likeness (QED) is 0.546. The minimum Gasteiger partial charge on any atom is -0.497 e. The van der Waals surface area contributed by atoms with Crippen LogP contribution in [-0.4, -0.2) is 32.0 Å². The standard InChI is InChI=1S/C23H22N2O5S/c1-13-7-5-6-8-17(13)24-21(27)19-14(2)18(23(28)30-4)22(31-19)25-20(26)15-9-11-16(29-3)12-10-15/h5-12H,1-4H3,(H,24,27)(H,25,26). The molecule has 0 bridgehead atoms. The molecule has 0 aliphatic rings. The van der Waals surface area contributed by atoms with Gasteiger partial charge in [0.05, 0.1) is 24.7 Å². The van der Waals surface area contributed by atoms with Crippen LogP contribution in [0.25, 0.3) is 0 Å². The van der Waals surface area contributed by atoms with Crippen LogP contribution in [-0.2, 0) is 4.74 Å². The molecule has 0 fully saturated rings. The van der Waals surface area contributed by atoms with E-state index in [9.17, 15) is 14.4 Å². The lowest BCUT2D eigenvalue weighted by atomic mass is 10.1. The van der Waals surface area contributed by atoms with Crippen LogP contribution in [0.1, 0.15) is 41.5 Å². The zero-order valence-corrected chi connectivity index (χ0v) is 18.4. The summed E-state index contributed by atoms with van der Waals surface area (Å²) >= 11 is 1.02. The van der Waals surface area contributed by atoms with Gasteiger partial charge in [-0.3, -0.25) is 9.59 Å². The normalized spacial score (nSPS) is 10.3. The van der Waals surface area contributed by atoms with Crippen LogP contribution < -0.4 is 15.4 Å². The van der Waals surface area contributed by atoms with Gasteiger partial charge in [0.1, 0.15) is 10.8 Å². The van der Waals surface area contributed by atoms with E-state index in [1.165, 1.54) is 14.2 Å². The molecule has 3 rings (SSSR count). The van der Waals surface area contributed by atoms with Gasteiger partial charge in [0.15, 0.2) is 0 Å². The minimum atomic E-state index is -0.631. The fourth-order valence-corrected chi connectivity index (χ4v) is 4.06. The van der Waals surface area contributed by atoms with E-state index in [4.69, 9.17) is 9.47 Å². The van der Waals surface area contributed by atoms with Gasteiger partial charge in [-0.2, -0.15) is 0 Å². The van der Waals surface area contributed by atoms with Gasteiger partial charge < -0.3 is 20.1 Å². The number of aryl methyl sites for hydroxylation is 1. The lowest BCUT2D eigenvalue weighted by molar-refractivity contribution is 0.0601. The molecule has 0 aliphatic heterocycles. The lowest BCUT2D eigenvalue weighted by Gasteiger charge is -2.07. The van der Waals surface area contributed by atoms with Gasteiger partial charge in [0.2, 0.25) is 0 Å². The van der Waals surface area contributed by atoms with Crippen LogP contribution in [0.5, 0.6) is 5.75 Å². The van der Waals surface area contributed by atoms with Crippen LogP contribution in [0.2, 0.25) is 0 Å². The molecule has 0 atom stereocenters. The second-order valence-electron chi connectivity index (χ2n) is 6.70. The van der Waals surface area contributed by atoms with Crippen LogP contribution in [0.3, 0.4) is 0 Å². The van der Waals surface area contributed by atoms with E-state index in [0.29, 0.717) is 27.4 Å². The molecule has 1 heterocycles. The average molecular weight is 439 g/mol. The van der Waals surface area contributed by atoms with E-state index < -0.39 is 11.9 Å². The van der Waals surface area contributed by atoms with Crippen molar-refractivity contribution in [3.05, 3.63) is 75.7 Å². The van der Waals surface area contributed by atoms with Crippen molar-refractivity contribution in [1.82, 2.24) is 0 Å². The topological polar surface area (TPSA) is 93.7 Å². The summed E-state index contributed by atoms with van der Waals surface area (Å²) in [5.41, 5.74) is 2.56. The Kier molecular flexibility index (Phi) is 6.71. The van der Waals surface area contributed by atoms with Gasteiger partial charge in [-0.15, -0.1) is 11.3 Å². The molecule has 7 nitrogen and oxygen atoms in total. The van der Waals surface area contributed by atoms with Gasteiger partial charge >= 0.3 is 5.97 Å². The highest BCUT2D eigenvalue weighted by atomic mass is 32.1. The predicted molar refractivity (Wildman–Crippen MR) is 120 cm³/mol. The maximum absolute atomic E-state index is 12.9. The third kappa shape index (κ3) is 4.75. The fourth-order valence-electron chi connectivity index (χ4n) is 2.98. The second-order valence-corrected chi connectivity index (χ2v) is 7.72. The van der Waals surface area contributed by atoms with Crippen molar-refractivity contribution in [1.29, 1.82) is 0 Å². The third-order valence-electron chi connectivity index (χ3n) is 4.72. The highest BCUT2D eigenvalue weighted by molar-refractivity contribution is 7.19. The van der Waals surface area contributed by atoms with Crippen molar-refractivity contribution in [3.8, 4) is 5.75 Å². The summed E-state index contributed by atoms with van der Waals surface area (Å²) in [6.07, 6.45) is 0. The Bertz CT molecular complexity index is 1140. The third-order valence-corrected chi connectivity index (χ3v) is 5.92. The molecule has 1 aromatic heterocycles. The van der Waals surface area contributed by atoms with Crippen molar-refractivity contribution < 1.29 is 23.9 Å². The number of hydrogen-bond acceptors (Lipinski definition) is 6. The van der Waals surface area contributed by atoms with Gasteiger partial charge in [-0.25, -0.2) is 4.79 Å². The molecule has 0 saturated heterocycles. The Morgan fingerprint density at radius 1 is 0.871 bits per heavy atom. The first kappa shape index (κ1) is 22.0. The molecule has 160 valence electrons. The number of nitrogens with one attached hydrogen (secondary N) is 2. The van der Waals surface area contributed by atoms with Gasteiger partial charge in [0, 0.05) is 11.3 Å². The number of benzene rings is 2. The summed E-state index contributed by atoms with van der Waals surface area (Å²) in [5.74, 6) is -0.797. The van der Waals surface area contributed by atoms with E-state index in [-0.39, 0.29) is 16.5 Å². The Morgan fingerprint density at radius 3 is 2.16 bits per heavy atom. The summed E-state index contributed by atoms with van der Waals surface area (Å²) in [7, 11) is 2.79. The zero-order valence-electron chi connectivity index (χ0n) is 17.6. The molecular weight excluding hydrogens is 416 g/mol. The van der Waals surface area contributed by atoms with E-state index in [1.807, 2.05) is 25.1 Å². The molecule has 8 heteroatoms. The number of thiophene rings is 1. The number of rotatable bonds is 6. The predicted octanol–water partition coefficient (Wildman–Crippen LogP) is 4.66. The maximum atomic E-state index is 12.9. The highest BCUT2D eigenvalue weighted by Gasteiger charge is 2.26.